The van der Waals surface area contributed by atoms with Gasteiger partial charge in [0.15, 0.2) is 0 Å². The molecule has 0 heterocycles. The number of hydrogen-bond acceptors (Lipinski definition) is 3. The van der Waals surface area contributed by atoms with Gasteiger partial charge in [0, 0.05) is 13.0 Å². The van der Waals surface area contributed by atoms with E-state index in [1.165, 1.54) is 16.7 Å². The van der Waals surface area contributed by atoms with Gasteiger partial charge in [-0.25, -0.2) is 0 Å². The summed E-state index contributed by atoms with van der Waals surface area (Å²) >= 11 is 0. The van der Waals surface area contributed by atoms with E-state index < -0.39 is 12.1 Å². The molecule has 0 aliphatic heterocycles. The molecule has 0 fully saturated rings. The van der Waals surface area contributed by atoms with Crippen molar-refractivity contribution in [1.29, 1.82) is 0 Å². The number of aliphatic carboxylic acids is 1. The largest absolute Gasteiger partial charge is 0.481 e. The van der Waals surface area contributed by atoms with Crippen LogP contribution in [0.4, 0.5) is 0 Å². The number of benzene rings is 1. The molecule has 0 saturated heterocycles. The van der Waals surface area contributed by atoms with Crippen LogP contribution in [0.1, 0.15) is 29.5 Å². The molecule has 1 rings (SSSR count). The molecule has 0 bridgehead atoms. The van der Waals surface area contributed by atoms with E-state index in [4.69, 9.17) is 5.11 Å². The van der Waals surface area contributed by atoms with Crippen LogP contribution < -0.4 is 5.32 Å². The minimum Gasteiger partial charge on any atom is -0.481 e. The molecule has 19 heavy (non-hydrogen) atoms. The van der Waals surface area contributed by atoms with Gasteiger partial charge in [-0.3, -0.25) is 4.79 Å². The lowest BCUT2D eigenvalue weighted by molar-refractivity contribution is -0.137. The summed E-state index contributed by atoms with van der Waals surface area (Å²) in [5.74, 6) is -0.866. The number of carbonyl (C=O) groups is 1. The van der Waals surface area contributed by atoms with Gasteiger partial charge in [0.25, 0.3) is 0 Å². The Labute approximate surface area is 114 Å². The maximum Gasteiger partial charge on any atom is 0.303 e. The first-order valence-corrected chi connectivity index (χ1v) is 6.65. The lowest BCUT2D eigenvalue weighted by Crippen LogP contribution is -2.29. The second kappa shape index (κ2) is 7.92. The van der Waals surface area contributed by atoms with Crippen molar-refractivity contribution >= 4 is 5.97 Å². The van der Waals surface area contributed by atoms with Crippen molar-refractivity contribution < 1.29 is 15.0 Å². The summed E-state index contributed by atoms with van der Waals surface area (Å²) in [6.45, 7) is 5.40. The number of aliphatic hydroxyl groups is 1. The Morgan fingerprint density at radius 3 is 2.79 bits per heavy atom. The fourth-order valence-electron chi connectivity index (χ4n) is 1.95. The summed E-state index contributed by atoms with van der Waals surface area (Å²) in [5.41, 5.74) is 3.84. The molecule has 0 amide bonds. The van der Waals surface area contributed by atoms with Gasteiger partial charge in [0.05, 0.1) is 6.10 Å². The smallest absolute Gasteiger partial charge is 0.303 e. The molecule has 1 atom stereocenters. The van der Waals surface area contributed by atoms with Crippen LogP contribution in [0, 0.1) is 13.8 Å². The number of carboxylic acid groups (broad SMARTS) is 1. The average Bonchev–Trinajstić information content (AvgIpc) is 2.36. The number of nitrogens with one attached hydrogen (secondary N) is 1. The van der Waals surface area contributed by atoms with Crippen LogP contribution in [0.5, 0.6) is 0 Å². The minimum absolute atomic E-state index is 0.0137. The summed E-state index contributed by atoms with van der Waals surface area (Å²) in [7, 11) is 0. The van der Waals surface area contributed by atoms with E-state index in [1.807, 2.05) is 0 Å². The first-order chi connectivity index (χ1) is 8.99. The zero-order chi connectivity index (χ0) is 14.3. The van der Waals surface area contributed by atoms with E-state index in [9.17, 15) is 9.90 Å². The summed E-state index contributed by atoms with van der Waals surface area (Å²) in [6, 6.07) is 6.40. The lowest BCUT2D eigenvalue weighted by atomic mass is 10.0. The predicted octanol–water partition coefficient (Wildman–Crippen LogP) is 1.66. The number of aliphatic hydroxyl groups excluding tert-OH is 1. The molecule has 0 aliphatic rings. The summed E-state index contributed by atoms with van der Waals surface area (Å²) < 4.78 is 0. The molecule has 1 unspecified atom stereocenters. The van der Waals surface area contributed by atoms with Crippen molar-refractivity contribution in [3.8, 4) is 0 Å². The lowest BCUT2D eigenvalue weighted by Gasteiger charge is -2.12. The highest BCUT2D eigenvalue weighted by atomic mass is 16.4. The molecular weight excluding hydrogens is 242 g/mol. The van der Waals surface area contributed by atoms with Gasteiger partial charge in [0.2, 0.25) is 0 Å². The summed E-state index contributed by atoms with van der Waals surface area (Å²) in [5, 5.41) is 21.2. The maximum atomic E-state index is 10.4. The predicted molar refractivity (Wildman–Crippen MR) is 75.4 cm³/mol. The zero-order valence-electron chi connectivity index (χ0n) is 11.6. The molecule has 0 radical (unpaired) electrons. The van der Waals surface area contributed by atoms with Crippen LogP contribution in [0.2, 0.25) is 0 Å². The van der Waals surface area contributed by atoms with Crippen molar-refractivity contribution in [3.63, 3.8) is 0 Å². The van der Waals surface area contributed by atoms with Crippen LogP contribution in [-0.2, 0) is 11.2 Å². The van der Waals surface area contributed by atoms with Gasteiger partial charge >= 0.3 is 5.97 Å². The van der Waals surface area contributed by atoms with E-state index >= 15 is 0 Å². The Morgan fingerprint density at radius 1 is 1.37 bits per heavy atom. The van der Waals surface area contributed by atoms with Gasteiger partial charge in [-0.1, -0.05) is 23.8 Å². The van der Waals surface area contributed by atoms with Crippen molar-refractivity contribution in [2.45, 2.75) is 39.2 Å². The Hall–Kier alpha value is -1.39. The molecule has 4 nitrogen and oxygen atoms in total. The fraction of sp³-hybridized carbons (Fsp3) is 0.533. The third-order valence-corrected chi connectivity index (χ3v) is 3.15. The monoisotopic (exact) mass is 265 g/mol. The molecule has 4 heteroatoms. The van der Waals surface area contributed by atoms with E-state index in [0.29, 0.717) is 13.0 Å². The Bertz CT molecular complexity index is 418. The normalized spacial score (nSPS) is 12.4. The quantitative estimate of drug-likeness (QED) is 0.625. The van der Waals surface area contributed by atoms with Crippen molar-refractivity contribution in [2.75, 3.05) is 13.1 Å². The topological polar surface area (TPSA) is 69.6 Å². The standard InChI is InChI=1S/C15H23NO3/c1-11-3-4-12(2)13(9-11)7-8-16-10-14(17)5-6-15(18)19/h3-4,9,14,16-17H,5-8,10H2,1-2H3,(H,18,19). The molecule has 0 saturated carbocycles. The van der Waals surface area contributed by atoms with Crippen LogP contribution in [0.3, 0.4) is 0 Å². The third-order valence-electron chi connectivity index (χ3n) is 3.15. The first kappa shape index (κ1) is 15.7. The first-order valence-electron chi connectivity index (χ1n) is 6.65. The molecule has 0 spiro atoms. The van der Waals surface area contributed by atoms with Crippen LogP contribution in [-0.4, -0.2) is 35.4 Å². The number of carboxylic acids is 1. The van der Waals surface area contributed by atoms with Gasteiger partial charge in [-0.2, -0.15) is 0 Å². The van der Waals surface area contributed by atoms with Gasteiger partial charge in [-0.15, -0.1) is 0 Å². The number of rotatable bonds is 8. The Balaban J connectivity index is 2.23. The highest BCUT2D eigenvalue weighted by Gasteiger charge is 2.06. The molecule has 1 aromatic carbocycles. The second-order valence-electron chi connectivity index (χ2n) is 4.97. The molecule has 0 aliphatic carbocycles. The van der Waals surface area contributed by atoms with Crippen LogP contribution in [0.15, 0.2) is 18.2 Å². The van der Waals surface area contributed by atoms with Crippen molar-refractivity contribution in [3.05, 3.63) is 34.9 Å². The number of aryl methyl sites for hydroxylation is 2. The van der Waals surface area contributed by atoms with Crippen LogP contribution >= 0.6 is 0 Å². The Morgan fingerprint density at radius 2 is 2.11 bits per heavy atom. The fourth-order valence-corrected chi connectivity index (χ4v) is 1.95. The van der Waals surface area contributed by atoms with Crippen molar-refractivity contribution in [2.24, 2.45) is 0 Å². The van der Waals surface area contributed by atoms with E-state index in [0.717, 1.165) is 13.0 Å². The third kappa shape index (κ3) is 6.36. The van der Waals surface area contributed by atoms with Crippen molar-refractivity contribution in [1.82, 2.24) is 5.32 Å². The van der Waals surface area contributed by atoms with E-state index in [1.54, 1.807) is 0 Å². The van der Waals surface area contributed by atoms with Crippen LogP contribution in [0.25, 0.3) is 0 Å². The minimum atomic E-state index is -0.866. The molecule has 1 aromatic rings. The maximum absolute atomic E-state index is 10.4. The zero-order valence-corrected chi connectivity index (χ0v) is 11.6. The SMILES string of the molecule is Cc1ccc(C)c(CCNCC(O)CCC(=O)O)c1. The van der Waals surface area contributed by atoms with Gasteiger partial charge in [0.1, 0.15) is 0 Å². The van der Waals surface area contributed by atoms with Gasteiger partial charge in [-0.05, 0) is 44.4 Å². The Kier molecular flexibility index (Phi) is 6.53. The highest BCUT2D eigenvalue weighted by Crippen LogP contribution is 2.10. The van der Waals surface area contributed by atoms with E-state index in [-0.39, 0.29) is 6.42 Å². The molecular formula is C15H23NO3. The molecule has 106 valence electrons. The summed E-state index contributed by atoms with van der Waals surface area (Å²) in [4.78, 5) is 10.4. The highest BCUT2D eigenvalue weighted by molar-refractivity contribution is 5.66. The van der Waals surface area contributed by atoms with Gasteiger partial charge < -0.3 is 15.5 Å². The second-order valence-corrected chi connectivity index (χ2v) is 4.97. The molecule has 3 N–H and O–H groups in total. The average molecular weight is 265 g/mol. The van der Waals surface area contributed by atoms with E-state index in [2.05, 4.69) is 37.4 Å². The summed E-state index contributed by atoms with van der Waals surface area (Å²) in [6.07, 6.45) is 0.639. The molecule has 0 aromatic heterocycles. The number of hydrogen-bond donors (Lipinski definition) is 3.